The molecule has 0 aliphatic carbocycles. The van der Waals surface area contributed by atoms with E-state index in [0.29, 0.717) is 24.5 Å². The topological polar surface area (TPSA) is 58.6 Å². The Hall–Kier alpha value is -2.92. The number of fused-ring (bicyclic) bond motifs is 1. The predicted molar refractivity (Wildman–Crippen MR) is 92.9 cm³/mol. The lowest BCUT2D eigenvalue weighted by molar-refractivity contribution is -0.113. The fourth-order valence-corrected chi connectivity index (χ4v) is 2.55. The molecule has 5 nitrogen and oxygen atoms in total. The summed E-state index contributed by atoms with van der Waals surface area (Å²) in [5.74, 6) is -0.398. The first-order valence-corrected chi connectivity index (χ1v) is 7.59. The van der Waals surface area contributed by atoms with Crippen LogP contribution in [0.25, 0.3) is 0 Å². The molecule has 2 amide bonds. The molecule has 0 radical (unpaired) electrons. The molecular formula is C19H18N2O3. The maximum Gasteiger partial charge on any atom is 0.255 e. The Morgan fingerprint density at radius 3 is 2.54 bits per heavy atom. The third-order valence-corrected chi connectivity index (χ3v) is 4.00. The zero-order chi connectivity index (χ0) is 17.1. The van der Waals surface area contributed by atoms with Crippen LogP contribution in [0.1, 0.15) is 21.5 Å². The first-order valence-electron chi connectivity index (χ1n) is 7.59. The number of ether oxygens (including phenoxy) is 1. The Bertz CT molecular complexity index is 797. The number of carbonyl (C=O) groups excluding carboxylic acids is 2. The van der Waals surface area contributed by atoms with E-state index >= 15 is 0 Å². The van der Waals surface area contributed by atoms with Gasteiger partial charge in [-0.1, -0.05) is 12.6 Å². The smallest absolute Gasteiger partial charge is 0.255 e. The number of nitrogens with one attached hydrogen (secondary N) is 1. The minimum absolute atomic E-state index is 0.196. The molecule has 0 saturated carbocycles. The molecule has 24 heavy (non-hydrogen) atoms. The Balaban J connectivity index is 1.71. The monoisotopic (exact) mass is 322 g/mol. The van der Waals surface area contributed by atoms with Gasteiger partial charge in [0.25, 0.3) is 5.91 Å². The number of carbonyl (C=O) groups is 2. The van der Waals surface area contributed by atoms with Gasteiger partial charge in [0.1, 0.15) is 0 Å². The highest BCUT2D eigenvalue weighted by Gasteiger charge is 2.13. The molecule has 1 aliphatic heterocycles. The van der Waals surface area contributed by atoms with E-state index in [-0.39, 0.29) is 11.8 Å². The molecule has 1 heterocycles. The summed E-state index contributed by atoms with van der Waals surface area (Å²) in [6.07, 6.45) is 1.25. The summed E-state index contributed by atoms with van der Waals surface area (Å²) >= 11 is 0. The van der Waals surface area contributed by atoms with Crippen molar-refractivity contribution in [3.8, 4) is 0 Å². The highest BCUT2D eigenvalue weighted by Crippen LogP contribution is 2.23. The summed E-state index contributed by atoms with van der Waals surface area (Å²) in [6, 6.07) is 12.6. The third-order valence-electron chi connectivity index (χ3n) is 4.00. The van der Waals surface area contributed by atoms with E-state index in [1.807, 2.05) is 18.2 Å². The van der Waals surface area contributed by atoms with Crippen LogP contribution >= 0.6 is 0 Å². The van der Waals surface area contributed by atoms with Crippen LogP contribution in [-0.4, -0.2) is 18.9 Å². The van der Waals surface area contributed by atoms with Crippen LogP contribution in [0.3, 0.4) is 0 Å². The molecule has 0 saturated heterocycles. The largest absolute Gasteiger partial charge is 0.372 e. The molecule has 0 bridgehead atoms. The van der Waals surface area contributed by atoms with Crippen molar-refractivity contribution in [3.05, 3.63) is 71.8 Å². The molecule has 0 spiro atoms. The van der Waals surface area contributed by atoms with E-state index in [1.165, 1.54) is 11.0 Å². The summed E-state index contributed by atoms with van der Waals surface area (Å²) in [4.78, 5) is 25.4. The molecule has 1 N–H and O–H groups in total. The van der Waals surface area contributed by atoms with Gasteiger partial charge in [0.15, 0.2) is 0 Å². The van der Waals surface area contributed by atoms with Gasteiger partial charge in [-0.2, -0.15) is 0 Å². The molecule has 0 aromatic heterocycles. The summed E-state index contributed by atoms with van der Waals surface area (Å²) < 4.78 is 5.37. The molecule has 2 aromatic carbocycles. The fourth-order valence-electron chi connectivity index (χ4n) is 2.55. The molecular weight excluding hydrogens is 304 g/mol. The Kier molecular flexibility index (Phi) is 4.44. The third kappa shape index (κ3) is 3.21. The van der Waals surface area contributed by atoms with Gasteiger partial charge in [0.2, 0.25) is 5.91 Å². The zero-order valence-electron chi connectivity index (χ0n) is 13.4. The van der Waals surface area contributed by atoms with E-state index < -0.39 is 0 Å². The van der Waals surface area contributed by atoms with Gasteiger partial charge in [-0.3, -0.25) is 9.59 Å². The van der Waals surface area contributed by atoms with E-state index in [9.17, 15) is 9.59 Å². The lowest BCUT2D eigenvalue weighted by atomic mass is 10.1. The van der Waals surface area contributed by atoms with E-state index in [2.05, 4.69) is 11.9 Å². The lowest BCUT2D eigenvalue weighted by Crippen LogP contribution is -2.23. The van der Waals surface area contributed by atoms with Gasteiger partial charge in [-0.25, -0.2) is 0 Å². The van der Waals surface area contributed by atoms with Gasteiger partial charge in [-0.15, -0.1) is 0 Å². The van der Waals surface area contributed by atoms with Crippen LogP contribution in [0.15, 0.2) is 55.1 Å². The van der Waals surface area contributed by atoms with Crippen molar-refractivity contribution < 1.29 is 14.3 Å². The number of hydrogen-bond donors (Lipinski definition) is 1. The average molecular weight is 322 g/mol. The van der Waals surface area contributed by atoms with Crippen LogP contribution in [0.4, 0.5) is 11.4 Å². The number of amides is 2. The first kappa shape index (κ1) is 16.0. The van der Waals surface area contributed by atoms with Crippen molar-refractivity contribution in [2.24, 2.45) is 0 Å². The SMILES string of the molecule is C=CC(=O)N(C)c1ccc(C(=O)Nc2ccc3c(c2)COC3)cc1. The summed E-state index contributed by atoms with van der Waals surface area (Å²) in [7, 11) is 1.66. The van der Waals surface area contributed by atoms with E-state index in [1.54, 1.807) is 31.3 Å². The predicted octanol–water partition coefficient (Wildman–Crippen LogP) is 3.12. The van der Waals surface area contributed by atoms with Crippen molar-refractivity contribution in [2.45, 2.75) is 13.2 Å². The quantitative estimate of drug-likeness (QED) is 0.880. The molecule has 0 atom stereocenters. The maximum atomic E-state index is 12.3. The van der Waals surface area contributed by atoms with Crippen LogP contribution in [0, 0.1) is 0 Å². The minimum atomic E-state index is -0.201. The lowest BCUT2D eigenvalue weighted by Gasteiger charge is -2.15. The van der Waals surface area contributed by atoms with Crippen molar-refractivity contribution >= 4 is 23.2 Å². The van der Waals surface area contributed by atoms with Crippen molar-refractivity contribution in [3.63, 3.8) is 0 Å². The van der Waals surface area contributed by atoms with Crippen LogP contribution in [-0.2, 0) is 22.7 Å². The second-order valence-corrected chi connectivity index (χ2v) is 5.58. The van der Waals surface area contributed by atoms with Crippen LogP contribution < -0.4 is 10.2 Å². The van der Waals surface area contributed by atoms with Crippen LogP contribution in [0.5, 0.6) is 0 Å². The average Bonchev–Trinajstić information content (AvgIpc) is 3.08. The first-order chi connectivity index (χ1) is 11.6. The van der Waals surface area contributed by atoms with E-state index in [0.717, 1.165) is 16.8 Å². The maximum absolute atomic E-state index is 12.3. The molecule has 5 heteroatoms. The number of likely N-dealkylation sites (N-methyl/N-ethyl adjacent to an activating group) is 1. The highest BCUT2D eigenvalue weighted by molar-refractivity contribution is 6.05. The highest BCUT2D eigenvalue weighted by atomic mass is 16.5. The number of benzene rings is 2. The second-order valence-electron chi connectivity index (χ2n) is 5.58. The van der Waals surface area contributed by atoms with Gasteiger partial charge in [-0.05, 0) is 53.6 Å². The Morgan fingerprint density at radius 1 is 1.12 bits per heavy atom. The molecule has 2 aromatic rings. The number of hydrogen-bond acceptors (Lipinski definition) is 3. The van der Waals surface area contributed by atoms with Crippen molar-refractivity contribution in [1.29, 1.82) is 0 Å². The van der Waals surface area contributed by atoms with E-state index in [4.69, 9.17) is 4.74 Å². The molecule has 1 aliphatic rings. The summed E-state index contributed by atoms with van der Waals surface area (Å²) in [5, 5.41) is 2.88. The molecule has 0 unspecified atom stereocenters. The zero-order valence-corrected chi connectivity index (χ0v) is 13.4. The molecule has 3 rings (SSSR count). The second kappa shape index (κ2) is 6.68. The van der Waals surface area contributed by atoms with Crippen molar-refractivity contribution in [2.75, 3.05) is 17.3 Å². The van der Waals surface area contributed by atoms with Gasteiger partial charge in [0, 0.05) is 24.0 Å². The standard InChI is InChI=1S/C19H18N2O3/c1-3-18(22)21(2)17-8-5-13(6-9-17)19(23)20-16-7-4-14-11-24-12-15(14)10-16/h3-10H,1,11-12H2,2H3,(H,20,23). The minimum Gasteiger partial charge on any atom is -0.372 e. The van der Waals surface area contributed by atoms with Crippen molar-refractivity contribution in [1.82, 2.24) is 0 Å². The summed E-state index contributed by atoms with van der Waals surface area (Å²) in [6.45, 7) is 4.67. The Morgan fingerprint density at radius 2 is 1.83 bits per heavy atom. The van der Waals surface area contributed by atoms with Gasteiger partial charge >= 0.3 is 0 Å². The number of anilines is 2. The normalized spacial score (nSPS) is 12.4. The molecule has 0 fully saturated rings. The molecule has 122 valence electrons. The summed E-state index contributed by atoms with van der Waals surface area (Å²) in [5.41, 5.74) is 4.23. The number of nitrogens with zero attached hydrogens (tertiary/aromatic N) is 1. The van der Waals surface area contributed by atoms with Gasteiger partial charge < -0.3 is 15.0 Å². The fraction of sp³-hybridized carbons (Fsp3) is 0.158. The van der Waals surface area contributed by atoms with Gasteiger partial charge in [0.05, 0.1) is 13.2 Å². The van der Waals surface area contributed by atoms with Crippen LogP contribution in [0.2, 0.25) is 0 Å². The number of rotatable bonds is 4. The Labute approximate surface area is 140 Å².